The molecular formula is C28H37BrN6O2Si. The Morgan fingerprint density at radius 1 is 1.16 bits per heavy atom. The second-order valence-corrected chi connectivity index (χ2v) is 17.6. The number of ether oxygens (including phenoxy) is 1. The highest BCUT2D eigenvalue weighted by molar-refractivity contribution is 9.10. The van der Waals surface area contributed by atoms with Crippen molar-refractivity contribution in [1.82, 2.24) is 24.5 Å². The van der Waals surface area contributed by atoms with Gasteiger partial charge in [0.05, 0.1) is 23.4 Å². The number of benzene rings is 2. The minimum atomic E-state index is -1.19. The summed E-state index contributed by atoms with van der Waals surface area (Å²) in [7, 11) is 2.94. The molecule has 38 heavy (non-hydrogen) atoms. The molecule has 0 aliphatic heterocycles. The first-order chi connectivity index (χ1) is 18.1. The molecule has 8 nitrogen and oxygen atoms in total. The number of amides is 1. The molecule has 0 spiro atoms. The maximum absolute atomic E-state index is 13.4. The van der Waals surface area contributed by atoms with Crippen LogP contribution < -0.4 is 5.32 Å². The third-order valence-electron chi connectivity index (χ3n) is 6.35. The number of nitrogens with zero attached hydrogens (tertiary/aromatic N) is 5. The maximum Gasteiger partial charge on any atom is 0.276 e. The first-order valence-electron chi connectivity index (χ1n) is 12.9. The fourth-order valence-corrected chi connectivity index (χ4v) is 5.32. The predicted octanol–water partition coefficient (Wildman–Crippen LogP) is 6.10. The van der Waals surface area contributed by atoms with Gasteiger partial charge in [-0.2, -0.15) is 10.2 Å². The van der Waals surface area contributed by atoms with Crippen LogP contribution in [0.4, 0.5) is 5.69 Å². The van der Waals surface area contributed by atoms with Crippen LogP contribution in [-0.2, 0) is 11.5 Å². The van der Waals surface area contributed by atoms with Crippen molar-refractivity contribution in [3.63, 3.8) is 0 Å². The average molecular weight is 598 g/mol. The average Bonchev–Trinajstić information content (AvgIpc) is 3.46. The smallest absolute Gasteiger partial charge is 0.276 e. The van der Waals surface area contributed by atoms with E-state index in [1.807, 2.05) is 47.3 Å². The Morgan fingerprint density at radius 3 is 2.63 bits per heavy atom. The van der Waals surface area contributed by atoms with Crippen LogP contribution in [0.1, 0.15) is 28.5 Å². The van der Waals surface area contributed by atoms with Crippen molar-refractivity contribution in [2.45, 2.75) is 44.9 Å². The quantitative estimate of drug-likeness (QED) is 0.158. The van der Waals surface area contributed by atoms with Crippen molar-refractivity contribution < 1.29 is 9.53 Å². The van der Waals surface area contributed by atoms with E-state index in [2.05, 4.69) is 82.2 Å². The van der Waals surface area contributed by atoms with Gasteiger partial charge >= 0.3 is 0 Å². The summed E-state index contributed by atoms with van der Waals surface area (Å²) in [6, 6.07) is 17.3. The van der Waals surface area contributed by atoms with Gasteiger partial charge in [0.2, 0.25) is 0 Å². The van der Waals surface area contributed by atoms with Crippen molar-refractivity contribution in [2.75, 3.05) is 32.6 Å². The highest BCUT2D eigenvalue weighted by Crippen LogP contribution is 2.26. The summed E-state index contributed by atoms with van der Waals surface area (Å²) >= 11 is 3.54. The van der Waals surface area contributed by atoms with E-state index in [0.29, 0.717) is 24.7 Å². The Hall–Kier alpha value is -2.79. The predicted molar refractivity (Wildman–Crippen MR) is 159 cm³/mol. The van der Waals surface area contributed by atoms with Gasteiger partial charge in [-0.1, -0.05) is 65.9 Å². The molecule has 0 saturated carbocycles. The summed E-state index contributed by atoms with van der Waals surface area (Å²) in [6.45, 7) is 8.87. The van der Waals surface area contributed by atoms with Crippen LogP contribution in [0.5, 0.6) is 0 Å². The third kappa shape index (κ3) is 7.40. The highest BCUT2D eigenvalue weighted by Gasteiger charge is 2.20. The second-order valence-electron chi connectivity index (χ2n) is 11.0. The van der Waals surface area contributed by atoms with Crippen molar-refractivity contribution in [3.8, 4) is 0 Å². The number of hydrogen-bond acceptors (Lipinski definition) is 5. The molecule has 1 N–H and O–H groups in total. The molecule has 1 unspecified atom stereocenters. The number of carbonyl (C=O) groups is 1. The Balaban J connectivity index is 1.53. The second kappa shape index (κ2) is 12.4. The van der Waals surface area contributed by atoms with Crippen molar-refractivity contribution in [2.24, 2.45) is 0 Å². The van der Waals surface area contributed by atoms with Crippen molar-refractivity contribution >= 4 is 46.5 Å². The molecule has 0 bridgehead atoms. The lowest BCUT2D eigenvalue weighted by Crippen LogP contribution is -2.22. The number of hydrogen-bond donors (Lipinski definition) is 1. The number of aromatic nitrogens is 4. The molecule has 1 atom stereocenters. The molecule has 0 fully saturated rings. The van der Waals surface area contributed by atoms with Crippen molar-refractivity contribution in [1.29, 1.82) is 0 Å². The number of nitrogens with one attached hydrogen (secondary N) is 1. The maximum atomic E-state index is 13.4. The molecule has 2 heterocycles. The van der Waals surface area contributed by atoms with E-state index in [-0.39, 0.29) is 11.9 Å². The molecule has 2 aromatic carbocycles. The van der Waals surface area contributed by atoms with Crippen LogP contribution >= 0.6 is 15.9 Å². The summed E-state index contributed by atoms with van der Waals surface area (Å²) in [4.78, 5) is 15.5. The lowest BCUT2D eigenvalue weighted by atomic mass is 10.0. The fraction of sp³-hybridized carbons (Fsp3) is 0.393. The first kappa shape index (κ1) is 28.2. The van der Waals surface area contributed by atoms with Gasteiger partial charge in [-0.3, -0.25) is 9.48 Å². The van der Waals surface area contributed by atoms with Gasteiger partial charge in [-0.15, -0.1) is 0 Å². The van der Waals surface area contributed by atoms with Gasteiger partial charge in [0.1, 0.15) is 6.73 Å². The molecule has 1 amide bonds. The van der Waals surface area contributed by atoms with Gasteiger partial charge in [0.15, 0.2) is 5.69 Å². The number of rotatable bonds is 12. The molecule has 4 rings (SSSR count). The van der Waals surface area contributed by atoms with Crippen molar-refractivity contribution in [3.05, 3.63) is 76.7 Å². The molecule has 202 valence electrons. The Kier molecular flexibility index (Phi) is 9.19. The van der Waals surface area contributed by atoms with E-state index in [4.69, 9.17) is 4.74 Å². The largest absolute Gasteiger partial charge is 0.360 e. The highest BCUT2D eigenvalue weighted by atomic mass is 79.9. The minimum Gasteiger partial charge on any atom is -0.360 e. The lowest BCUT2D eigenvalue weighted by molar-refractivity contribution is 0.0809. The molecule has 4 aromatic rings. The van der Waals surface area contributed by atoms with E-state index in [0.717, 1.165) is 34.4 Å². The zero-order valence-electron chi connectivity index (χ0n) is 22.8. The number of halogens is 1. The zero-order chi connectivity index (χ0) is 27.3. The number of anilines is 1. The molecule has 10 heteroatoms. The van der Waals surface area contributed by atoms with Crippen LogP contribution in [0.3, 0.4) is 0 Å². The van der Waals surface area contributed by atoms with E-state index in [1.54, 1.807) is 10.9 Å². The SMILES string of the molecule is CN(C)CCC(c1ccccc1)n1cc(NC(=O)c2nn(COCC[Si](C)(C)C)c3cc(Br)ccc23)cn1. The van der Waals surface area contributed by atoms with Crippen LogP contribution in [0.15, 0.2) is 65.4 Å². The first-order valence-corrected chi connectivity index (χ1v) is 17.4. The Morgan fingerprint density at radius 2 is 1.92 bits per heavy atom. The topological polar surface area (TPSA) is 77.2 Å². The van der Waals surface area contributed by atoms with Gasteiger partial charge in [-0.05, 0) is 56.9 Å². The summed E-state index contributed by atoms with van der Waals surface area (Å²) in [5.41, 5.74) is 3.02. The van der Waals surface area contributed by atoms with Crippen LogP contribution in [-0.4, -0.2) is 65.7 Å². The van der Waals surface area contributed by atoms with Crippen LogP contribution in [0.25, 0.3) is 10.9 Å². The summed E-state index contributed by atoms with van der Waals surface area (Å²) < 4.78 is 10.5. The van der Waals surface area contributed by atoms with Crippen LogP contribution in [0, 0.1) is 0 Å². The molecule has 0 radical (unpaired) electrons. The molecule has 0 saturated heterocycles. The Bertz CT molecular complexity index is 1360. The molecule has 2 aromatic heterocycles. The monoisotopic (exact) mass is 596 g/mol. The molecule has 0 aliphatic carbocycles. The fourth-order valence-electron chi connectivity index (χ4n) is 4.21. The number of carbonyl (C=O) groups excluding carboxylic acids is 1. The van der Waals surface area contributed by atoms with E-state index in [1.165, 1.54) is 5.56 Å². The number of fused-ring (bicyclic) bond motifs is 1. The summed E-state index contributed by atoms with van der Waals surface area (Å²) in [5, 5.41) is 13.0. The van der Waals surface area contributed by atoms with Crippen LogP contribution in [0.2, 0.25) is 25.7 Å². The van der Waals surface area contributed by atoms with Gasteiger partial charge < -0.3 is 15.0 Å². The standard InChI is InChI=1S/C28H37BrN6O2Si/c1-33(2)14-13-25(21-9-7-6-8-10-21)34-19-23(18-30-34)31-28(36)27-24-12-11-22(29)17-26(24)35(32-27)20-37-15-16-38(3,4)5/h6-12,17-19,25H,13-16,20H2,1-5H3,(H,31,36). The Labute approximate surface area is 234 Å². The molecular weight excluding hydrogens is 560 g/mol. The van der Waals surface area contributed by atoms with Gasteiger partial charge in [0, 0.05) is 30.7 Å². The van der Waals surface area contributed by atoms with Gasteiger partial charge in [0.25, 0.3) is 5.91 Å². The minimum absolute atomic E-state index is 0.0648. The third-order valence-corrected chi connectivity index (χ3v) is 8.55. The zero-order valence-corrected chi connectivity index (χ0v) is 25.4. The molecule has 0 aliphatic rings. The van der Waals surface area contributed by atoms with E-state index >= 15 is 0 Å². The van der Waals surface area contributed by atoms with E-state index in [9.17, 15) is 4.79 Å². The van der Waals surface area contributed by atoms with Gasteiger partial charge in [-0.25, -0.2) is 4.68 Å². The lowest BCUT2D eigenvalue weighted by Gasteiger charge is -2.20. The normalized spacial score (nSPS) is 12.8. The summed E-state index contributed by atoms with van der Waals surface area (Å²) in [6.07, 6.45) is 4.48. The van der Waals surface area contributed by atoms with E-state index < -0.39 is 8.07 Å². The summed E-state index contributed by atoms with van der Waals surface area (Å²) in [5.74, 6) is -0.276.